The van der Waals surface area contributed by atoms with Crippen LogP contribution in [-0.2, 0) is 0 Å². The van der Waals surface area contributed by atoms with E-state index in [2.05, 4.69) is 45.1 Å². The van der Waals surface area contributed by atoms with Gasteiger partial charge in [0.1, 0.15) is 0 Å². The topological polar surface area (TPSA) is 29.3 Å². The number of benzene rings is 1. The highest BCUT2D eigenvalue weighted by molar-refractivity contribution is 9.10. The highest BCUT2D eigenvalue weighted by Crippen LogP contribution is 2.44. The van der Waals surface area contributed by atoms with Gasteiger partial charge in [-0.05, 0) is 72.6 Å². The normalized spacial score (nSPS) is 30.8. The monoisotopic (exact) mass is 308 g/mol. The van der Waals surface area contributed by atoms with E-state index >= 15 is 0 Å². The van der Waals surface area contributed by atoms with Crippen LogP contribution in [0.3, 0.4) is 0 Å². The third-order valence-corrected chi connectivity index (χ3v) is 5.21. The molecule has 2 aliphatic rings. The van der Waals surface area contributed by atoms with E-state index in [9.17, 15) is 0 Å². The number of nitrogens with two attached hydrogens (primary N) is 1. The molecule has 2 unspecified atom stereocenters. The lowest BCUT2D eigenvalue weighted by molar-refractivity contribution is 0.326. The van der Waals surface area contributed by atoms with Crippen LogP contribution in [-0.4, -0.2) is 18.6 Å². The largest absolute Gasteiger partial charge is 0.365 e. The number of halogens is 1. The van der Waals surface area contributed by atoms with Gasteiger partial charge in [-0.1, -0.05) is 12.1 Å². The molecule has 0 aromatic heterocycles. The van der Waals surface area contributed by atoms with E-state index in [-0.39, 0.29) is 0 Å². The third-order valence-electron chi connectivity index (χ3n) is 4.54. The van der Waals surface area contributed by atoms with Gasteiger partial charge in [0.05, 0.1) is 5.69 Å². The minimum absolute atomic E-state index is 0.735. The minimum atomic E-state index is 0.735. The Morgan fingerprint density at radius 3 is 2.44 bits per heavy atom. The fourth-order valence-corrected chi connectivity index (χ4v) is 4.31. The highest BCUT2D eigenvalue weighted by atomic mass is 79.9. The maximum Gasteiger partial charge on any atom is 0.0515 e. The maximum atomic E-state index is 5.72. The smallest absolute Gasteiger partial charge is 0.0515 e. The van der Waals surface area contributed by atoms with E-state index in [0.717, 1.165) is 24.5 Å². The molecule has 2 N–H and O–H groups in total. The van der Waals surface area contributed by atoms with Crippen LogP contribution >= 0.6 is 15.9 Å². The van der Waals surface area contributed by atoms with Crippen molar-refractivity contribution in [3.63, 3.8) is 0 Å². The third kappa shape index (κ3) is 2.19. The molecule has 0 saturated carbocycles. The number of piperidine rings is 1. The molecule has 98 valence electrons. The number of rotatable bonds is 3. The van der Waals surface area contributed by atoms with Gasteiger partial charge < -0.3 is 10.6 Å². The van der Waals surface area contributed by atoms with Crippen molar-refractivity contribution in [3.05, 3.63) is 28.7 Å². The molecule has 1 aromatic rings. The van der Waals surface area contributed by atoms with Crippen molar-refractivity contribution in [3.8, 4) is 0 Å². The van der Waals surface area contributed by atoms with Gasteiger partial charge in [-0.2, -0.15) is 0 Å². The molecule has 2 atom stereocenters. The van der Waals surface area contributed by atoms with Crippen LogP contribution in [0, 0.1) is 5.92 Å². The molecule has 0 radical (unpaired) electrons. The van der Waals surface area contributed by atoms with Gasteiger partial charge in [0.25, 0.3) is 0 Å². The molecule has 2 aliphatic heterocycles. The van der Waals surface area contributed by atoms with Crippen molar-refractivity contribution in [2.24, 2.45) is 11.7 Å². The van der Waals surface area contributed by atoms with E-state index in [4.69, 9.17) is 5.73 Å². The Morgan fingerprint density at radius 2 is 1.83 bits per heavy atom. The van der Waals surface area contributed by atoms with Gasteiger partial charge in [0.15, 0.2) is 0 Å². The predicted octanol–water partition coefficient (Wildman–Crippen LogP) is 3.55. The average molecular weight is 309 g/mol. The van der Waals surface area contributed by atoms with Crippen molar-refractivity contribution in [2.75, 3.05) is 11.4 Å². The van der Waals surface area contributed by atoms with Crippen molar-refractivity contribution in [1.82, 2.24) is 0 Å². The highest BCUT2D eigenvalue weighted by Gasteiger charge is 2.40. The zero-order valence-electron chi connectivity index (χ0n) is 10.7. The number of para-hydroxylation sites is 1. The second-order valence-corrected chi connectivity index (χ2v) is 6.51. The fraction of sp³-hybridized carbons (Fsp3) is 0.600. The van der Waals surface area contributed by atoms with Crippen LogP contribution < -0.4 is 10.6 Å². The Kier molecular flexibility index (Phi) is 3.62. The summed E-state index contributed by atoms with van der Waals surface area (Å²) in [5.74, 6) is 0.853. The van der Waals surface area contributed by atoms with Crippen molar-refractivity contribution >= 4 is 21.6 Å². The van der Waals surface area contributed by atoms with Gasteiger partial charge >= 0.3 is 0 Å². The molecule has 3 rings (SSSR count). The van der Waals surface area contributed by atoms with Crippen molar-refractivity contribution in [2.45, 2.75) is 44.2 Å². The number of hydrogen-bond acceptors (Lipinski definition) is 2. The van der Waals surface area contributed by atoms with E-state index in [1.807, 2.05) is 0 Å². The molecule has 0 spiro atoms. The molecular weight excluding hydrogens is 288 g/mol. The number of nitrogens with zero attached hydrogens (tertiary/aromatic N) is 1. The Bertz CT molecular complexity index is 407. The summed E-state index contributed by atoms with van der Waals surface area (Å²) < 4.78 is 1.24. The molecule has 0 aliphatic carbocycles. The predicted molar refractivity (Wildman–Crippen MR) is 79.8 cm³/mol. The Labute approximate surface area is 118 Å². The minimum Gasteiger partial charge on any atom is -0.365 e. The van der Waals surface area contributed by atoms with Gasteiger partial charge in [-0.3, -0.25) is 0 Å². The van der Waals surface area contributed by atoms with Crippen LogP contribution in [0.5, 0.6) is 0 Å². The lowest BCUT2D eigenvalue weighted by atomic mass is 9.88. The molecule has 2 nitrogen and oxygen atoms in total. The molecule has 3 heteroatoms. The molecule has 2 saturated heterocycles. The number of anilines is 1. The SMILES string of the molecule is NCCC1CC2CCC(C1)N2c1ccccc1Br. The Balaban J connectivity index is 1.82. The lowest BCUT2D eigenvalue weighted by Crippen LogP contribution is -2.43. The van der Waals surface area contributed by atoms with Gasteiger partial charge in [-0.15, -0.1) is 0 Å². The number of hydrogen-bond donors (Lipinski definition) is 1. The quantitative estimate of drug-likeness (QED) is 0.925. The van der Waals surface area contributed by atoms with E-state index < -0.39 is 0 Å². The van der Waals surface area contributed by atoms with Crippen molar-refractivity contribution in [1.29, 1.82) is 0 Å². The zero-order chi connectivity index (χ0) is 12.5. The standard InChI is InChI=1S/C15H21BrN2/c16-14-3-1-2-4-15(14)18-12-5-6-13(18)10-11(9-12)7-8-17/h1-4,11-13H,5-10,17H2. The summed E-state index contributed by atoms with van der Waals surface area (Å²) in [7, 11) is 0. The lowest BCUT2D eigenvalue weighted by Gasteiger charge is -2.41. The number of fused-ring (bicyclic) bond motifs is 2. The summed E-state index contributed by atoms with van der Waals surface area (Å²) in [5, 5.41) is 0. The van der Waals surface area contributed by atoms with Crippen LogP contribution in [0.25, 0.3) is 0 Å². The van der Waals surface area contributed by atoms with Gasteiger partial charge in [-0.25, -0.2) is 0 Å². The van der Waals surface area contributed by atoms with Gasteiger partial charge in [0.2, 0.25) is 0 Å². The van der Waals surface area contributed by atoms with Crippen LogP contribution in [0.2, 0.25) is 0 Å². The Hall–Kier alpha value is -0.540. The molecule has 1 aromatic carbocycles. The first kappa shape index (κ1) is 12.5. The zero-order valence-corrected chi connectivity index (χ0v) is 12.3. The Morgan fingerprint density at radius 1 is 1.17 bits per heavy atom. The molecule has 2 bridgehead atoms. The second-order valence-electron chi connectivity index (χ2n) is 5.66. The summed E-state index contributed by atoms with van der Waals surface area (Å²) in [4.78, 5) is 2.66. The van der Waals surface area contributed by atoms with Crippen LogP contribution in [0.1, 0.15) is 32.1 Å². The molecule has 18 heavy (non-hydrogen) atoms. The average Bonchev–Trinajstić information content (AvgIpc) is 2.62. The summed E-state index contributed by atoms with van der Waals surface area (Å²) in [6.07, 6.45) is 6.57. The second kappa shape index (κ2) is 5.22. The summed E-state index contributed by atoms with van der Waals surface area (Å²) in [6, 6.07) is 10.1. The van der Waals surface area contributed by atoms with E-state index in [0.29, 0.717) is 0 Å². The van der Waals surface area contributed by atoms with Crippen molar-refractivity contribution < 1.29 is 0 Å². The molecule has 0 amide bonds. The fourth-order valence-electron chi connectivity index (χ4n) is 3.82. The summed E-state index contributed by atoms with van der Waals surface area (Å²) >= 11 is 3.70. The summed E-state index contributed by atoms with van der Waals surface area (Å²) in [6.45, 7) is 0.846. The first-order valence-corrected chi connectivity index (χ1v) is 7.82. The van der Waals surface area contributed by atoms with Crippen LogP contribution in [0.15, 0.2) is 28.7 Å². The van der Waals surface area contributed by atoms with E-state index in [1.165, 1.54) is 42.3 Å². The van der Waals surface area contributed by atoms with E-state index in [1.54, 1.807) is 0 Å². The molecule has 2 fully saturated rings. The summed E-state index contributed by atoms with van der Waals surface area (Å²) in [5.41, 5.74) is 7.10. The molecular formula is C15H21BrN2. The maximum absolute atomic E-state index is 5.72. The molecule has 2 heterocycles. The first-order chi connectivity index (χ1) is 8.79. The van der Waals surface area contributed by atoms with Crippen LogP contribution in [0.4, 0.5) is 5.69 Å². The first-order valence-electron chi connectivity index (χ1n) is 7.02. The van der Waals surface area contributed by atoms with Gasteiger partial charge in [0, 0.05) is 16.6 Å².